The van der Waals surface area contributed by atoms with Crippen molar-refractivity contribution in [1.82, 2.24) is 9.36 Å². The third-order valence-corrected chi connectivity index (χ3v) is 2.57. The summed E-state index contributed by atoms with van der Waals surface area (Å²) in [6.07, 6.45) is 2.52. The van der Waals surface area contributed by atoms with E-state index in [9.17, 15) is 4.79 Å². The Morgan fingerprint density at radius 2 is 2.57 bits per heavy atom. The Kier molecular flexibility index (Phi) is 4.31. The van der Waals surface area contributed by atoms with E-state index in [0.717, 1.165) is 11.6 Å². The summed E-state index contributed by atoms with van der Waals surface area (Å²) >= 11 is 1.27. The lowest BCUT2D eigenvalue weighted by Gasteiger charge is -2.11. The highest BCUT2D eigenvalue weighted by atomic mass is 32.1. The molecule has 0 bridgehead atoms. The molecule has 0 aliphatic rings. The number of carboxylic acids is 1. The second kappa shape index (κ2) is 5.54. The molecule has 0 amide bonds. The molecule has 0 saturated carbocycles. The molecule has 0 aliphatic heterocycles. The normalized spacial score (nSPS) is 12.4. The van der Waals surface area contributed by atoms with Crippen molar-refractivity contribution < 1.29 is 9.90 Å². The summed E-state index contributed by atoms with van der Waals surface area (Å²) in [7, 11) is 0. The molecule has 0 fully saturated rings. The quantitative estimate of drug-likeness (QED) is 0.751. The highest BCUT2D eigenvalue weighted by Gasteiger charge is 2.11. The number of nitrogens with one attached hydrogen (secondary N) is 1. The fraction of sp³-hybridized carbons (Fsp3) is 0.625. The highest BCUT2D eigenvalue weighted by molar-refractivity contribution is 7.09. The van der Waals surface area contributed by atoms with E-state index < -0.39 is 5.97 Å². The second-order valence-corrected chi connectivity index (χ2v) is 3.78. The third-order valence-electron chi connectivity index (χ3n) is 1.94. The number of carbonyl (C=O) groups is 1. The Morgan fingerprint density at radius 1 is 1.79 bits per heavy atom. The van der Waals surface area contributed by atoms with Crippen molar-refractivity contribution in [2.45, 2.75) is 19.8 Å². The molecule has 0 aliphatic carbocycles. The maximum atomic E-state index is 10.5. The molecule has 1 aromatic rings. The van der Waals surface area contributed by atoms with Crippen molar-refractivity contribution in [3.63, 3.8) is 0 Å². The Bertz CT molecular complexity index is 276. The summed E-state index contributed by atoms with van der Waals surface area (Å²) in [6, 6.07) is 0. The lowest BCUT2D eigenvalue weighted by atomic mass is 10.0. The zero-order valence-corrected chi connectivity index (χ0v) is 8.75. The SMILES string of the molecule is CCC(CNc1ncns1)CC(=O)O. The minimum atomic E-state index is -0.754. The van der Waals surface area contributed by atoms with Gasteiger partial charge in [0, 0.05) is 24.5 Å². The number of nitrogens with zero attached hydrogens (tertiary/aromatic N) is 2. The number of hydrogen-bond donors (Lipinski definition) is 2. The first-order chi connectivity index (χ1) is 6.72. The van der Waals surface area contributed by atoms with Gasteiger partial charge in [-0.1, -0.05) is 13.3 Å². The first-order valence-electron chi connectivity index (χ1n) is 4.44. The van der Waals surface area contributed by atoms with E-state index in [4.69, 9.17) is 5.11 Å². The fourth-order valence-electron chi connectivity index (χ4n) is 1.09. The van der Waals surface area contributed by atoms with E-state index >= 15 is 0 Å². The van der Waals surface area contributed by atoms with Gasteiger partial charge in [0.1, 0.15) is 6.33 Å². The Labute approximate surface area is 86.3 Å². The van der Waals surface area contributed by atoms with E-state index in [1.165, 1.54) is 17.9 Å². The van der Waals surface area contributed by atoms with Gasteiger partial charge >= 0.3 is 5.97 Å². The minimum absolute atomic E-state index is 0.149. The smallest absolute Gasteiger partial charge is 0.303 e. The average Bonchev–Trinajstić information content (AvgIpc) is 2.64. The lowest BCUT2D eigenvalue weighted by Crippen LogP contribution is -2.17. The van der Waals surface area contributed by atoms with Crippen molar-refractivity contribution in [2.24, 2.45) is 5.92 Å². The van der Waals surface area contributed by atoms with Gasteiger partial charge < -0.3 is 10.4 Å². The first kappa shape index (κ1) is 10.9. The molecule has 1 unspecified atom stereocenters. The summed E-state index contributed by atoms with van der Waals surface area (Å²) in [5.41, 5.74) is 0. The topological polar surface area (TPSA) is 75.1 Å². The third kappa shape index (κ3) is 3.69. The van der Waals surface area contributed by atoms with Gasteiger partial charge in [0.2, 0.25) is 5.13 Å². The van der Waals surface area contributed by atoms with Crippen LogP contribution in [0.5, 0.6) is 0 Å². The van der Waals surface area contributed by atoms with Crippen LogP contribution in [-0.4, -0.2) is 27.0 Å². The molecule has 0 radical (unpaired) electrons. The maximum absolute atomic E-state index is 10.5. The van der Waals surface area contributed by atoms with Crippen molar-refractivity contribution in [3.05, 3.63) is 6.33 Å². The van der Waals surface area contributed by atoms with E-state index in [0.29, 0.717) is 6.54 Å². The summed E-state index contributed by atoms with van der Waals surface area (Å²) in [5.74, 6) is -0.604. The Morgan fingerprint density at radius 3 is 3.07 bits per heavy atom. The molecular weight excluding hydrogens is 202 g/mol. The van der Waals surface area contributed by atoms with Crippen LogP contribution in [0.3, 0.4) is 0 Å². The number of aliphatic carboxylic acids is 1. The predicted octanol–water partition coefficient (Wildman–Crippen LogP) is 1.45. The Balaban J connectivity index is 2.30. The second-order valence-electron chi connectivity index (χ2n) is 3.00. The van der Waals surface area contributed by atoms with Crippen molar-refractivity contribution in [1.29, 1.82) is 0 Å². The largest absolute Gasteiger partial charge is 0.481 e. The number of rotatable bonds is 6. The molecule has 0 aromatic carbocycles. The molecule has 78 valence electrons. The van der Waals surface area contributed by atoms with E-state index in [1.807, 2.05) is 6.92 Å². The molecule has 2 N–H and O–H groups in total. The molecule has 14 heavy (non-hydrogen) atoms. The molecule has 0 spiro atoms. The summed E-state index contributed by atoms with van der Waals surface area (Å²) < 4.78 is 3.84. The molecule has 1 atom stereocenters. The molecule has 5 nitrogen and oxygen atoms in total. The van der Waals surface area contributed by atoms with Crippen LogP contribution in [0.1, 0.15) is 19.8 Å². The minimum Gasteiger partial charge on any atom is -0.481 e. The van der Waals surface area contributed by atoms with Crippen LogP contribution in [0.25, 0.3) is 0 Å². The van der Waals surface area contributed by atoms with Gasteiger partial charge in [-0.05, 0) is 5.92 Å². The van der Waals surface area contributed by atoms with Gasteiger partial charge in [0.05, 0.1) is 0 Å². The highest BCUT2D eigenvalue weighted by Crippen LogP contribution is 2.12. The van der Waals surface area contributed by atoms with Crippen molar-refractivity contribution in [3.8, 4) is 0 Å². The summed E-state index contributed by atoms with van der Waals surface area (Å²) in [5, 5.41) is 12.4. The van der Waals surface area contributed by atoms with Crippen LogP contribution in [0, 0.1) is 5.92 Å². The standard InChI is InChI=1S/C8H13N3O2S/c1-2-6(3-7(12)13)4-9-8-10-5-11-14-8/h5-6H,2-4H2,1H3,(H,12,13)(H,9,10,11). The van der Waals surface area contributed by atoms with Gasteiger partial charge in [-0.15, -0.1) is 0 Å². The lowest BCUT2D eigenvalue weighted by molar-refractivity contribution is -0.138. The van der Waals surface area contributed by atoms with Crippen LogP contribution in [0.15, 0.2) is 6.33 Å². The zero-order valence-electron chi connectivity index (χ0n) is 7.93. The van der Waals surface area contributed by atoms with Crippen LogP contribution in [0.4, 0.5) is 5.13 Å². The van der Waals surface area contributed by atoms with Crippen molar-refractivity contribution in [2.75, 3.05) is 11.9 Å². The molecule has 6 heteroatoms. The van der Waals surface area contributed by atoms with E-state index in [2.05, 4.69) is 14.7 Å². The summed E-state index contributed by atoms with van der Waals surface area (Å²) in [4.78, 5) is 14.4. The molecule has 1 rings (SSSR count). The molecule has 0 saturated heterocycles. The maximum Gasteiger partial charge on any atom is 0.303 e. The summed E-state index contributed by atoms with van der Waals surface area (Å²) in [6.45, 7) is 2.62. The number of anilines is 1. The molecular formula is C8H13N3O2S. The number of aromatic nitrogens is 2. The van der Waals surface area contributed by atoms with Crippen LogP contribution >= 0.6 is 11.5 Å². The van der Waals surface area contributed by atoms with Gasteiger partial charge in [-0.2, -0.15) is 4.37 Å². The van der Waals surface area contributed by atoms with Crippen LogP contribution in [-0.2, 0) is 4.79 Å². The van der Waals surface area contributed by atoms with Crippen molar-refractivity contribution >= 4 is 22.6 Å². The number of carboxylic acid groups (broad SMARTS) is 1. The first-order valence-corrected chi connectivity index (χ1v) is 5.22. The Hall–Kier alpha value is -1.17. The van der Waals surface area contributed by atoms with Crippen LogP contribution in [0.2, 0.25) is 0 Å². The van der Waals surface area contributed by atoms with Gasteiger partial charge in [0.25, 0.3) is 0 Å². The van der Waals surface area contributed by atoms with E-state index in [-0.39, 0.29) is 12.3 Å². The predicted molar refractivity (Wildman–Crippen MR) is 54.4 cm³/mol. The zero-order chi connectivity index (χ0) is 10.4. The average molecular weight is 215 g/mol. The molecule has 1 aromatic heterocycles. The van der Waals surface area contributed by atoms with Gasteiger partial charge in [-0.25, -0.2) is 4.98 Å². The monoisotopic (exact) mass is 215 g/mol. The fourth-order valence-corrected chi connectivity index (χ4v) is 1.53. The van der Waals surface area contributed by atoms with Gasteiger partial charge in [-0.3, -0.25) is 4.79 Å². The number of hydrogen-bond acceptors (Lipinski definition) is 5. The van der Waals surface area contributed by atoms with Gasteiger partial charge in [0.15, 0.2) is 0 Å². The van der Waals surface area contributed by atoms with E-state index in [1.54, 1.807) is 0 Å². The van der Waals surface area contributed by atoms with Crippen LogP contribution < -0.4 is 5.32 Å². The molecule has 1 heterocycles.